The molecule has 8 heteroatoms. The number of aromatic nitrogens is 2. The summed E-state index contributed by atoms with van der Waals surface area (Å²) in [5.74, 6) is -1.71. The number of likely N-dealkylation sites (N-methyl/N-ethyl adjacent to an activating group) is 1. The smallest absolute Gasteiger partial charge is 0.303 e. The van der Waals surface area contributed by atoms with Crippen LogP contribution in [0, 0.1) is 13.8 Å². The monoisotopic (exact) mass is 582 g/mol. The van der Waals surface area contributed by atoms with Crippen LogP contribution in [0.3, 0.4) is 0 Å². The summed E-state index contributed by atoms with van der Waals surface area (Å²) >= 11 is 0. The molecule has 0 radical (unpaired) electrons. The van der Waals surface area contributed by atoms with Gasteiger partial charge in [-0.1, -0.05) is 13.8 Å². The highest BCUT2D eigenvalue weighted by Gasteiger charge is 2.30. The summed E-state index contributed by atoms with van der Waals surface area (Å²) in [6, 6.07) is 0.0890. The summed E-state index contributed by atoms with van der Waals surface area (Å²) in [6.45, 7) is 12.8. The van der Waals surface area contributed by atoms with Crippen molar-refractivity contribution in [3.63, 3.8) is 0 Å². The zero-order valence-corrected chi connectivity index (χ0v) is 26.2. The largest absolute Gasteiger partial charge is 0.481 e. The summed E-state index contributed by atoms with van der Waals surface area (Å²) in [4.78, 5) is 37.8. The quantitative estimate of drug-likeness (QED) is 0.342. The molecule has 4 N–H and O–H groups in total. The molecule has 0 spiro atoms. The number of aliphatic carboxylic acids is 2. The number of fused-ring (bicyclic) bond motifs is 7. The fraction of sp³-hybridized carbons (Fsp3) is 0.400. The fourth-order valence-corrected chi connectivity index (χ4v) is 6.84. The summed E-state index contributed by atoms with van der Waals surface area (Å²) in [7, 11) is 2.14. The Kier molecular flexibility index (Phi) is 8.23. The van der Waals surface area contributed by atoms with Crippen molar-refractivity contribution in [1.82, 2.24) is 14.9 Å². The van der Waals surface area contributed by atoms with Crippen LogP contribution in [0.15, 0.2) is 38.7 Å². The van der Waals surface area contributed by atoms with Gasteiger partial charge in [0.15, 0.2) is 0 Å². The molecular weight excluding hydrogens is 540 g/mol. The van der Waals surface area contributed by atoms with Gasteiger partial charge in [-0.25, -0.2) is 4.99 Å². The van der Waals surface area contributed by atoms with Crippen LogP contribution in [0.5, 0.6) is 0 Å². The van der Waals surface area contributed by atoms with E-state index in [9.17, 15) is 19.8 Å². The Morgan fingerprint density at radius 3 is 2.19 bits per heavy atom. The first-order valence-electron chi connectivity index (χ1n) is 15.2. The minimum Gasteiger partial charge on any atom is -0.481 e. The zero-order valence-electron chi connectivity index (χ0n) is 26.2. The van der Waals surface area contributed by atoms with Crippen molar-refractivity contribution >= 4 is 42.0 Å². The Balaban J connectivity index is 1.84. The van der Waals surface area contributed by atoms with E-state index < -0.39 is 11.9 Å². The Bertz CT molecular complexity index is 1810. The Labute approximate surface area is 252 Å². The third-order valence-corrected chi connectivity index (χ3v) is 9.37. The highest BCUT2D eigenvalue weighted by atomic mass is 16.4. The van der Waals surface area contributed by atoms with E-state index in [2.05, 4.69) is 67.8 Å². The molecule has 8 bridgehead atoms. The molecule has 1 atom stereocenters. The van der Waals surface area contributed by atoms with E-state index in [-0.39, 0.29) is 18.9 Å². The summed E-state index contributed by atoms with van der Waals surface area (Å²) in [6.07, 6.45) is 11.1. The van der Waals surface area contributed by atoms with Gasteiger partial charge in [-0.05, 0) is 122 Å². The average molecular weight is 583 g/mol. The summed E-state index contributed by atoms with van der Waals surface area (Å²) < 4.78 is 0. The second kappa shape index (κ2) is 11.7. The lowest BCUT2D eigenvalue weighted by Gasteiger charge is -2.22. The number of rotatable bonds is 8. The van der Waals surface area contributed by atoms with Crippen LogP contribution < -0.4 is 10.7 Å². The van der Waals surface area contributed by atoms with Gasteiger partial charge in [-0.3, -0.25) is 9.59 Å². The maximum atomic E-state index is 11.6. The molecule has 0 saturated carbocycles. The van der Waals surface area contributed by atoms with Crippen molar-refractivity contribution in [3.05, 3.63) is 78.0 Å². The molecule has 5 heterocycles. The first-order valence-corrected chi connectivity index (χ1v) is 15.2. The van der Waals surface area contributed by atoms with E-state index in [1.165, 1.54) is 22.3 Å². The van der Waals surface area contributed by atoms with Gasteiger partial charge < -0.3 is 25.1 Å². The number of carboxylic acids is 2. The molecule has 5 rings (SSSR count). The van der Waals surface area contributed by atoms with E-state index in [1.807, 2.05) is 19.9 Å². The minimum absolute atomic E-state index is 0.000386. The number of nitrogens with zero attached hydrogens (tertiary/aromatic N) is 2. The first kappa shape index (κ1) is 30.1. The molecule has 3 aliphatic heterocycles. The maximum Gasteiger partial charge on any atom is 0.303 e. The van der Waals surface area contributed by atoms with Gasteiger partial charge >= 0.3 is 11.9 Å². The normalized spacial score (nSPS) is 18.0. The second-order valence-corrected chi connectivity index (χ2v) is 11.8. The second-order valence-electron chi connectivity index (χ2n) is 11.8. The van der Waals surface area contributed by atoms with Gasteiger partial charge in [0, 0.05) is 47.7 Å². The Morgan fingerprint density at radius 1 is 0.837 bits per heavy atom. The summed E-state index contributed by atoms with van der Waals surface area (Å²) in [5.41, 5.74) is 13.3. The van der Waals surface area contributed by atoms with Crippen LogP contribution in [0.1, 0.15) is 87.0 Å². The lowest BCUT2D eigenvalue weighted by atomic mass is 9.98. The molecule has 0 aliphatic carbocycles. The van der Waals surface area contributed by atoms with Crippen LogP contribution >= 0.6 is 0 Å². The highest BCUT2D eigenvalue weighted by molar-refractivity contribution is 6.23. The molecule has 0 saturated heterocycles. The average Bonchev–Trinajstić information content (AvgIpc) is 3.59. The number of hydrogen-bond donors (Lipinski definition) is 4. The van der Waals surface area contributed by atoms with Crippen LogP contribution in [-0.2, 0) is 22.4 Å². The van der Waals surface area contributed by atoms with Gasteiger partial charge in [-0.2, -0.15) is 0 Å². The van der Waals surface area contributed by atoms with Crippen LogP contribution in [0.2, 0.25) is 0 Å². The minimum atomic E-state index is -0.857. The lowest BCUT2D eigenvalue weighted by Crippen LogP contribution is -2.27. The van der Waals surface area contributed by atoms with Crippen LogP contribution in [0.25, 0.3) is 24.3 Å². The van der Waals surface area contributed by atoms with Crippen molar-refractivity contribution in [3.8, 4) is 0 Å². The first-order chi connectivity index (χ1) is 20.4. The van der Waals surface area contributed by atoms with E-state index in [1.54, 1.807) is 0 Å². The zero-order chi connectivity index (χ0) is 31.2. The molecule has 8 nitrogen and oxygen atoms in total. The molecule has 2 aromatic rings. The van der Waals surface area contributed by atoms with Crippen molar-refractivity contribution < 1.29 is 19.8 Å². The highest BCUT2D eigenvalue weighted by Crippen LogP contribution is 2.38. The number of nitrogens with one attached hydrogen (secondary N) is 2. The van der Waals surface area contributed by atoms with Gasteiger partial charge in [0.25, 0.3) is 0 Å². The van der Waals surface area contributed by atoms with Gasteiger partial charge in [-0.15, -0.1) is 0 Å². The topological polar surface area (TPSA) is 122 Å². The molecule has 3 aliphatic rings. The Morgan fingerprint density at radius 2 is 1.53 bits per heavy atom. The van der Waals surface area contributed by atoms with E-state index in [0.29, 0.717) is 18.5 Å². The SMILES string of the molecule is CCC1=C(C)C2C=c3[nH]c(c(C)c3CC)=CC3=NC(=Cc4[nH]c(c(C)c4CCC(=O)O)C=C1N2C)C(CCC(=O)O)=C3C. The molecule has 2 aromatic heterocycles. The number of H-pyrrole nitrogens is 2. The molecule has 43 heavy (non-hydrogen) atoms. The van der Waals surface area contributed by atoms with Gasteiger partial charge in [0.1, 0.15) is 0 Å². The maximum absolute atomic E-state index is 11.6. The van der Waals surface area contributed by atoms with Gasteiger partial charge in [0.2, 0.25) is 0 Å². The number of aromatic amines is 2. The number of carbonyl (C=O) groups is 2. The standard InChI is InChI=1S/C35H42N4O4/c1-8-22-18(3)26-14-27-19(4)24(10-12-34(40)41)29(36-27)15-30-25(11-13-35(42)43)20(5)28(38-30)16-33-23(9-2)21(6)32(39(33)7)17-31(22)37-26/h14-17,32,37-38H,8-13H2,1-7H3,(H,40,41)(H,42,43). The van der Waals surface area contributed by atoms with Crippen molar-refractivity contribution in [2.24, 2.45) is 4.99 Å². The predicted octanol–water partition coefficient (Wildman–Crippen LogP) is 5.17. The molecular formula is C35H42N4O4. The molecule has 0 fully saturated rings. The van der Waals surface area contributed by atoms with Gasteiger partial charge in [0.05, 0.1) is 17.5 Å². The Hall–Kier alpha value is -4.33. The van der Waals surface area contributed by atoms with Crippen molar-refractivity contribution in [2.75, 3.05) is 7.05 Å². The molecule has 226 valence electrons. The molecule has 0 aromatic carbocycles. The number of allylic oxidation sites excluding steroid dienone is 3. The third kappa shape index (κ3) is 5.46. The van der Waals surface area contributed by atoms with Crippen LogP contribution in [-0.4, -0.2) is 55.8 Å². The fourth-order valence-electron chi connectivity index (χ4n) is 6.84. The van der Waals surface area contributed by atoms with E-state index >= 15 is 0 Å². The lowest BCUT2D eigenvalue weighted by molar-refractivity contribution is -0.138. The summed E-state index contributed by atoms with van der Waals surface area (Å²) in [5, 5.41) is 21.1. The molecule has 0 amide bonds. The van der Waals surface area contributed by atoms with Crippen LogP contribution in [0.4, 0.5) is 0 Å². The number of carboxylic acid groups (broad SMARTS) is 2. The van der Waals surface area contributed by atoms with E-state index in [0.717, 1.165) is 68.6 Å². The third-order valence-electron chi connectivity index (χ3n) is 9.37. The van der Waals surface area contributed by atoms with Crippen molar-refractivity contribution in [2.45, 2.75) is 86.1 Å². The van der Waals surface area contributed by atoms with Crippen molar-refractivity contribution in [1.29, 1.82) is 0 Å². The number of aliphatic imine (C=N–C) groups is 1. The molecule has 1 unspecified atom stereocenters. The number of hydrogen-bond acceptors (Lipinski definition) is 4. The predicted molar refractivity (Wildman–Crippen MR) is 172 cm³/mol. The van der Waals surface area contributed by atoms with E-state index in [4.69, 9.17) is 4.99 Å².